The Morgan fingerprint density at radius 3 is 1.88 bits per heavy atom. The maximum absolute atomic E-state index is 12.8. The zero-order valence-corrected chi connectivity index (χ0v) is 14.2. The predicted octanol–water partition coefficient (Wildman–Crippen LogP) is 5.30. The molecule has 0 heterocycles. The van der Waals surface area contributed by atoms with Crippen LogP contribution in [0.1, 0.15) is 18.1 Å². The third kappa shape index (κ3) is 3.86. The van der Waals surface area contributed by atoms with Gasteiger partial charge in [-0.15, -0.1) is 0 Å². The number of para-hydroxylation sites is 1. The van der Waals surface area contributed by atoms with Crippen molar-refractivity contribution in [2.45, 2.75) is 12.5 Å². The van der Waals surface area contributed by atoms with E-state index >= 15 is 0 Å². The van der Waals surface area contributed by atoms with Gasteiger partial charge in [0, 0.05) is 5.69 Å². The molecule has 1 atom stereocenters. The smallest absolute Gasteiger partial charge is 0.163 e. The Morgan fingerprint density at radius 1 is 0.800 bits per heavy atom. The zero-order valence-electron chi connectivity index (χ0n) is 14.2. The monoisotopic (exact) mass is 327 g/mol. The Bertz CT molecular complexity index is 841. The van der Waals surface area contributed by atoms with E-state index in [9.17, 15) is 4.79 Å². The fraction of sp³-hybridized carbons (Fsp3) is 0.0870. The number of benzene rings is 3. The summed E-state index contributed by atoms with van der Waals surface area (Å²) in [6.45, 7) is 1.62. The van der Waals surface area contributed by atoms with Gasteiger partial charge in [0.25, 0.3) is 0 Å². The Labute approximate surface area is 148 Å². The highest BCUT2D eigenvalue weighted by Gasteiger charge is 2.34. The number of hydrogen-bond donors (Lipinski definition) is 1. The summed E-state index contributed by atoms with van der Waals surface area (Å²) in [6, 6.07) is 29.6. The summed E-state index contributed by atoms with van der Waals surface area (Å²) in [5.74, 6) is 0.0368. The van der Waals surface area contributed by atoms with Crippen LogP contribution in [-0.4, -0.2) is 5.78 Å². The molecule has 25 heavy (non-hydrogen) atoms. The summed E-state index contributed by atoms with van der Waals surface area (Å²) in [4.78, 5) is 12.8. The fourth-order valence-electron chi connectivity index (χ4n) is 2.85. The summed E-state index contributed by atoms with van der Waals surface area (Å²) in [5, 5.41) is 3.44. The van der Waals surface area contributed by atoms with Crippen molar-refractivity contribution >= 4 is 17.5 Å². The quantitative estimate of drug-likeness (QED) is 0.666. The van der Waals surface area contributed by atoms with Gasteiger partial charge in [0.05, 0.1) is 0 Å². The minimum atomic E-state index is -0.918. The maximum Gasteiger partial charge on any atom is 0.163 e. The highest BCUT2D eigenvalue weighted by molar-refractivity contribution is 5.94. The van der Waals surface area contributed by atoms with Gasteiger partial charge < -0.3 is 5.32 Å². The topological polar surface area (TPSA) is 29.1 Å². The van der Waals surface area contributed by atoms with Crippen molar-refractivity contribution in [2.24, 2.45) is 0 Å². The van der Waals surface area contributed by atoms with Gasteiger partial charge in [-0.05, 0) is 36.3 Å². The lowest BCUT2D eigenvalue weighted by Gasteiger charge is -2.31. The van der Waals surface area contributed by atoms with Crippen LogP contribution in [0.4, 0.5) is 5.69 Å². The first-order valence-corrected chi connectivity index (χ1v) is 8.35. The average molecular weight is 327 g/mol. The first-order chi connectivity index (χ1) is 12.2. The van der Waals surface area contributed by atoms with Crippen molar-refractivity contribution in [3.8, 4) is 0 Å². The third-order valence-electron chi connectivity index (χ3n) is 4.23. The SMILES string of the molecule is CC(=O)[C@](/C=C/c1ccccc1)(Nc1ccccc1)c1ccccc1. The summed E-state index contributed by atoms with van der Waals surface area (Å²) < 4.78 is 0. The van der Waals surface area contributed by atoms with Crippen LogP contribution >= 0.6 is 0 Å². The van der Waals surface area contributed by atoms with E-state index in [4.69, 9.17) is 0 Å². The van der Waals surface area contributed by atoms with E-state index in [0.29, 0.717) is 0 Å². The minimum Gasteiger partial charge on any atom is -0.366 e. The molecular formula is C23H21NO. The second-order valence-corrected chi connectivity index (χ2v) is 5.97. The molecule has 1 N–H and O–H groups in total. The van der Waals surface area contributed by atoms with Crippen molar-refractivity contribution in [3.05, 3.63) is 108 Å². The van der Waals surface area contributed by atoms with Crippen LogP contribution in [0.25, 0.3) is 6.08 Å². The highest BCUT2D eigenvalue weighted by Crippen LogP contribution is 2.30. The molecule has 124 valence electrons. The number of rotatable bonds is 6. The number of hydrogen-bond acceptors (Lipinski definition) is 2. The number of carbonyl (C=O) groups excluding carboxylic acids is 1. The molecule has 0 aliphatic rings. The molecule has 0 fully saturated rings. The van der Waals surface area contributed by atoms with Gasteiger partial charge in [-0.25, -0.2) is 0 Å². The van der Waals surface area contributed by atoms with E-state index in [1.54, 1.807) is 6.92 Å². The summed E-state index contributed by atoms with van der Waals surface area (Å²) in [5.41, 5.74) is 1.95. The molecule has 0 aromatic heterocycles. The van der Waals surface area contributed by atoms with Crippen LogP contribution in [0.15, 0.2) is 97.1 Å². The molecule has 0 bridgehead atoms. The Kier molecular flexibility index (Phi) is 5.10. The fourth-order valence-corrected chi connectivity index (χ4v) is 2.85. The van der Waals surface area contributed by atoms with Crippen LogP contribution in [-0.2, 0) is 10.3 Å². The molecule has 0 unspecified atom stereocenters. The van der Waals surface area contributed by atoms with Crippen molar-refractivity contribution < 1.29 is 4.79 Å². The summed E-state index contributed by atoms with van der Waals surface area (Å²) in [6.07, 6.45) is 3.94. The van der Waals surface area contributed by atoms with E-state index < -0.39 is 5.54 Å². The lowest BCUT2D eigenvalue weighted by molar-refractivity contribution is -0.120. The molecule has 2 heteroatoms. The number of carbonyl (C=O) groups is 1. The van der Waals surface area contributed by atoms with Crippen molar-refractivity contribution in [1.29, 1.82) is 0 Å². The molecule has 3 rings (SSSR count). The largest absolute Gasteiger partial charge is 0.366 e. The number of anilines is 1. The van der Waals surface area contributed by atoms with Crippen LogP contribution in [0.3, 0.4) is 0 Å². The molecule has 0 aliphatic carbocycles. The molecule has 0 amide bonds. The molecule has 2 nitrogen and oxygen atoms in total. The van der Waals surface area contributed by atoms with E-state index in [1.165, 1.54) is 0 Å². The molecular weight excluding hydrogens is 306 g/mol. The maximum atomic E-state index is 12.8. The molecule has 0 spiro atoms. The van der Waals surface area contributed by atoms with Crippen LogP contribution in [0.2, 0.25) is 0 Å². The normalized spacial score (nSPS) is 13.3. The Balaban J connectivity index is 2.08. The standard InChI is InChI=1S/C23H21NO/c1-19(25)23(21-13-7-3-8-14-21,24-22-15-9-4-10-16-22)18-17-20-11-5-2-6-12-20/h2-18,24H,1H3/b18-17+/t23-/m0/s1. The molecule has 3 aromatic carbocycles. The highest BCUT2D eigenvalue weighted by atomic mass is 16.1. The van der Waals surface area contributed by atoms with Gasteiger partial charge >= 0.3 is 0 Å². The van der Waals surface area contributed by atoms with E-state index in [0.717, 1.165) is 16.8 Å². The minimum absolute atomic E-state index is 0.0368. The number of ketones is 1. The van der Waals surface area contributed by atoms with E-state index in [-0.39, 0.29) is 5.78 Å². The lowest BCUT2D eigenvalue weighted by atomic mass is 9.84. The first-order valence-electron chi connectivity index (χ1n) is 8.35. The van der Waals surface area contributed by atoms with Crippen molar-refractivity contribution in [3.63, 3.8) is 0 Å². The van der Waals surface area contributed by atoms with Gasteiger partial charge in [-0.2, -0.15) is 0 Å². The van der Waals surface area contributed by atoms with Gasteiger partial charge in [-0.3, -0.25) is 4.79 Å². The van der Waals surface area contributed by atoms with Gasteiger partial charge in [-0.1, -0.05) is 84.9 Å². The lowest BCUT2D eigenvalue weighted by Crippen LogP contribution is -2.40. The van der Waals surface area contributed by atoms with Crippen LogP contribution < -0.4 is 5.32 Å². The first kappa shape index (κ1) is 16.7. The molecule has 0 radical (unpaired) electrons. The molecule has 0 saturated heterocycles. The van der Waals surface area contributed by atoms with Gasteiger partial charge in [0.1, 0.15) is 5.54 Å². The zero-order chi connectivity index (χ0) is 17.5. The second-order valence-electron chi connectivity index (χ2n) is 5.97. The Hall–Kier alpha value is -3.13. The van der Waals surface area contributed by atoms with E-state index in [1.807, 2.05) is 103 Å². The van der Waals surface area contributed by atoms with Crippen molar-refractivity contribution in [2.75, 3.05) is 5.32 Å². The van der Waals surface area contributed by atoms with E-state index in [2.05, 4.69) is 5.32 Å². The van der Waals surface area contributed by atoms with Crippen LogP contribution in [0, 0.1) is 0 Å². The average Bonchev–Trinajstić information content (AvgIpc) is 2.67. The van der Waals surface area contributed by atoms with Gasteiger partial charge in [0.2, 0.25) is 0 Å². The van der Waals surface area contributed by atoms with Crippen LogP contribution in [0.5, 0.6) is 0 Å². The van der Waals surface area contributed by atoms with Gasteiger partial charge in [0.15, 0.2) is 5.78 Å². The molecule has 0 aliphatic heterocycles. The summed E-state index contributed by atoms with van der Waals surface area (Å²) in [7, 11) is 0. The number of nitrogens with one attached hydrogen (secondary N) is 1. The Morgan fingerprint density at radius 2 is 1.32 bits per heavy atom. The molecule has 0 saturated carbocycles. The number of Topliss-reactive ketones (excluding diaryl/α,β-unsaturated/α-hetero) is 1. The predicted molar refractivity (Wildman–Crippen MR) is 104 cm³/mol. The summed E-state index contributed by atoms with van der Waals surface area (Å²) >= 11 is 0. The second kappa shape index (κ2) is 7.63. The molecule has 3 aromatic rings. The third-order valence-corrected chi connectivity index (χ3v) is 4.23. The van der Waals surface area contributed by atoms with Crippen molar-refractivity contribution in [1.82, 2.24) is 0 Å².